The van der Waals surface area contributed by atoms with Gasteiger partial charge in [-0.05, 0) is 30.2 Å². The van der Waals surface area contributed by atoms with Crippen LogP contribution in [0.25, 0.3) is 0 Å². The van der Waals surface area contributed by atoms with Crippen molar-refractivity contribution in [3.63, 3.8) is 0 Å². The van der Waals surface area contributed by atoms with Gasteiger partial charge in [-0.1, -0.05) is 42.5 Å². The van der Waals surface area contributed by atoms with Crippen LogP contribution in [-0.4, -0.2) is 5.91 Å². The third-order valence-corrected chi connectivity index (χ3v) is 3.10. The van der Waals surface area contributed by atoms with Crippen molar-refractivity contribution in [3.8, 4) is 0 Å². The van der Waals surface area contributed by atoms with Crippen molar-refractivity contribution in [3.05, 3.63) is 71.3 Å². The van der Waals surface area contributed by atoms with Gasteiger partial charge in [0.25, 0.3) is 5.91 Å². The zero-order valence-corrected chi connectivity index (χ0v) is 11.0. The molecule has 2 aromatic rings. The maximum Gasteiger partial charge on any atom is 0.251 e. The Labute approximate surface area is 113 Å². The first-order chi connectivity index (χ1) is 9.20. The third-order valence-electron chi connectivity index (χ3n) is 3.10. The van der Waals surface area contributed by atoms with Crippen LogP contribution in [0, 0.1) is 0 Å². The van der Waals surface area contributed by atoms with E-state index in [0.717, 1.165) is 11.1 Å². The number of nitrogens with one attached hydrogen (secondary N) is 1. The van der Waals surface area contributed by atoms with Gasteiger partial charge in [-0.15, -0.1) is 0 Å². The summed E-state index contributed by atoms with van der Waals surface area (Å²) < 4.78 is 0. The fourth-order valence-electron chi connectivity index (χ4n) is 1.90. The van der Waals surface area contributed by atoms with Crippen LogP contribution in [0.5, 0.6) is 0 Å². The minimum Gasteiger partial charge on any atom is -0.346 e. The molecule has 1 amide bonds. The van der Waals surface area contributed by atoms with Crippen molar-refractivity contribution in [1.82, 2.24) is 5.32 Å². The van der Waals surface area contributed by atoms with Gasteiger partial charge in [0.2, 0.25) is 0 Å². The molecule has 0 spiro atoms. The molecule has 1 atom stereocenters. The molecule has 0 fully saturated rings. The number of hydrogen-bond acceptors (Lipinski definition) is 2. The van der Waals surface area contributed by atoms with Crippen LogP contribution in [0.1, 0.15) is 34.5 Å². The van der Waals surface area contributed by atoms with E-state index in [2.05, 4.69) is 5.32 Å². The van der Waals surface area contributed by atoms with Crippen molar-refractivity contribution in [2.24, 2.45) is 5.73 Å². The Morgan fingerprint density at radius 3 is 2.32 bits per heavy atom. The molecule has 0 radical (unpaired) electrons. The lowest BCUT2D eigenvalue weighted by molar-refractivity contribution is 0.0940. The van der Waals surface area contributed by atoms with Gasteiger partial charge in [0.15, 0.2) is 0 Å². The van der Waals surface area contributed by atoms with Gasteiger partial charge in [-0.25, -0.2) is 0 Å². The third kappa shape index (κ3) is 3.42. The zero-order chi connectivity index (χ0) is 13.7. The fourth-order valence-corrected chi connectivity index (χ4v) is 1.90. The lowest BCUT2D eigenvalue weighted by Gasteiger charge is -2.14. The summed E-state index contributed by atoms with van der Waals surface area (Å²) in [6, 6.07) is 17.2. The summed E-state index contributed by atoms with van der Waals surface area (Å²) in [7, 11) is 0. The second-order valence-electron chi connectivity index (χ2n) is 4.51. The average molecular weight is 254 g/mol. The standard InChI is InChI=1S/C16H18N2O/c1-12(14-9-7-13(11-17)8-10-14)18-16(19)15-5-3-2-4-6-15/h2-10,12H,11,17H2,1H3,(H,18,19). The minimum atomic E-state index is -0.0593. The van der Waals surface area contributed by atoms with Crippen molar-refractivity contribution >= 4 is 5.91 Å². The first kappa shape index (κ1) is 13.3. The lowest BCUT2D eigenvalue weighted by Crippen LogP contribution is -2.26. The van der Waals surface area contributed by atoms with Crippen molar-refractivity contribution in [1.29, 1.82) is 0 Å². The highest BCUT2D eigenvalue weighted by Crippen LogP contribution is 2.14. The van der Waals surface area contributed by atoms with E-state index in [1.807, 2.05) is 49.4 Å². The van der Waals surface area contributed by atoms with Gasteiger partial charge in [0.1, 0.15) is 0 Å². The van der Waals surface area contributed by atoms with E-state index >= 15 is 0 Å². The SMILES string of the molecule is CC(NC(=O)c1ccccc1)c1ccc(CN)cc1. The van der Waals surface area contributed by atoms with E-state index in [4.69, 9.17) is 5.73 Å². The summed E-state index contributed by atoms with van der Waals surface area (Å²) in [5, 5.41) is 2.98. The number of nitrogens with two attached hydrogens (primary N) is 1. The molecule has 0 aromatic heterocycles. The van der Waals surface area contributed by atoms with E-state index in [0.29, 0.717) is 12.1 Å². The molecule has 0 aliphatic carbocycles. The Balaban J connectivity index is 2.04. The largest absolute Gasteiger partial charge is 0.346 e. The highest BCUT2D eigenvalue weighted by atomic mass is 16.1. The van der Waals surface area contributed by atoms with Crippen molar-refractivity contribution in [2.75, 3.05) is 0 Å². The summed E-state index contributed by atoms with van der Waals surface area (Å²) in [6.07, 6.45) is 0. The molecular formula is C16H18N2O. The normalized spacial score (nSPS) is 11.9. The maximum absolute atomic E-state index is 12.0. The van der Waals surface area contributed by atoms with E-state index in [1.165, 1.54) is 0 Å². The average Bonchev–Trinajstić information content (AvgIpc) is 2.48. The van der Waals surface area contributed by atoms with Crippen LogP contribution in [0.15, 0.2) is 54.6 Å². The topological polar surface area (TPSA) is 55.1 Å². The molecule has 0 saturated carbocycles. The summed E-state index contributed by atoms with van der Waals surface area (Å²) in [5.74, 6) is -0.0593. The van der Waals surface area contributed by atoms with Gasteiger partial charge >= 0.3 is 0 Å². The van der Waals surface area contributed by atoms with Crippen molar-refractivity contribution < 1.29 is 4.79 Å². The summed E-state index contributed by atoms with van der Waals surface area (Å²) in [5.41, 5.74) is 8.40. The van der Waals surface area contributed by atoms with Gasteiger partial charge in [-0.2, -0.15) is 0 Å². The van der Waals surface area contributed by atoms with Gasteiger partial charge in [0.05, 0.1) is 6.04 Å². The lowest BCUT2D eigenvalue weighted by atomic mass is 10.1. The molecule has 2 aromatic carbocycles. The quantitative estimate of drug-likeness (QED) is 0.881. The number of carbonyl (C=O) groups excluding carboxylic acids is 1. The van der Waals surface area contributed by atoms with E-state index < -0.39 is 0 Å². The monoisotopic (exact) mass is 254 g/mol. The highest BCUT2D eigenvalue weighted by molar-refractivity contribution is 5.94. The van der Waals surface area contributed by atoms with E-state index in [-0.39, 0.29) is 11.9 Å². The number of hydrogen-bond donors (Lipinski definition) is 2. The predicted molar refractivity (Wildman–Crippen MR) is 76.7 cm³/mol. The van der Waals surface area contributed by atoms with Gasteiger partial charge in [0, 0.05) is 12.1 Å². The molecule has 0 heterocycles. The molecule has 19 heavy (non-hydrogen) atoms. The minimum absolute atomic E-state index is 0.0282. The second kappa shape index (κ2) is 6.16. The summed E-state index contributed by atoms with van der Waals surface area (Å²) in [4.78, 5) is 12.0. The first-order valence-corrected chi connectivity index (χ1v) is 6.35. The first-order valence-electron chi connectivity index (χ1n) is 6.35. The van der Waals surface area contributed by atoms with E-state index in [1.54, 1.807) is 12.1 Å². The Morgan fingerprint density at radius 2 is 1.74 bits per heavy atom. The van der Waals surface area contributed by atoms with Crippen LogP contribution in [0.4, 0.5) is 0 Å². The molecule has 1 unspecified atom stereocenters. The maximum atomic E-state index is 12.0. The van der Waals surface area contributed by atoms with Crippen LogP contribution in [0.3, 0.4) is 0 Å². The Bertz CT molecular complexity index is 534. The molecule has 3 heteroatoms. The van der Waals surface area contributed by atoms with Crippen molar-refractivity contribution in [2.45, 2.75) is 19.5 Å². The molecule has 0 aliphatic rings. The molecule has 0 aliphatic heterocycles. The fraction of sp³-hybridized carbons (Fsp3) is 0.188. The molecule has 2 rings (SSSR count). The number of amides is 1. The van der Waals surface area contributed by atoms with Gasteiger partial charge < -0.3 is 11.1 Å². The molecule has 3 N–H and O–H groups in total. The second-order valence-corrected chi connectivity index (χ2v) is 4.51. The zero-order valence-electron chi connectivity index (χ0n) is 11.0. The number of carbonyl (C=O) groups is 1. The Morgan fingerprint density at radius 1 is 1.11 bits per heavy atom. The number of rotatable bonds is 4. The molecular weight excluding hydrogens is 236 g/mol. The number of benzene rings is 2. The predicted octanol–water partition coefficient (Wildman–Crippen LogP) is 2.64. The Hall–Kier alpha value is -2.13. The smallest absolute Gasteiger partial charge is 0.251 e. The van der Waals surface area contributed by atoms with Crippen LogP contribution in [-0.2, 0) is 6.54 Å². The van der Waals surface area contributed by atoms with Crippen LogP contribution in [0.2, 0.25) is 0 Å². The summed E-state index contributed by atoms with van der Waals surface area (Å²) in [6.45, 7) is 2.50. The molecule has 0 saturated heterocycles. The summed E-state index contributed by atoms with van der Waals surface area (Å²) >= 11 is 0. The van der Waals surface area contributed by atoms with Gasteiger partial charge in [-0.3, -0.25) is 4.79 Å². The molecule has 3 nitrogen and oxygen atoms in total. The molecule has 0 bridgehead atoms. The Kier molecular flexibility index (Phi) is 4.31. The van der Waals surface area contributed by atoms with Crippen LogP contribution >= 0.6 is 0 Å². The molecule has 98 valence electrons. The highest BCUT2D eigenvalue weighted by Gasteiger charge is 2.10. The van der Waals surface area contributed by atoms with E-state index in [9.17, 15) is 4.79 Å². The van der Waals surface area contributed by atoms with Crippen LogP contribution < -0.4 is 11.1 Å².